The Morgan fingerprint density at radius 3 is 1.19 bits per heavy atom. The zero-order valence-corrected chi connectivity index (χ0v) is 36.6. The van der Waals surface area contributed by atoms with Crippen LogP contribution < -0.4 is 71.0 Å². The first kappa shape index (κ1) is 38.4. The Labute approximate surface area is 354 Å². The van der Waals surface area contributed by atoms with E-state index >= 15 is 0 Å². The molecule has 1 nitrogen and oxygen atoms in total. The predicted molar refractivity (Wildman–Crippen MR) is 297 cm³/mol. The molecule has 0 aliphatic carbocycles. The van der Waals surface area contributed by atoms with Crippen molar-refractivity contribution in [1.82, 2.24) is 0 Å². The lowest BCUT2D eigenvalue weighted by Crippen LogP contribution is -2.55. The number of benzene rings is 8. The van der Waals surface area contributed by atoms with Crippen molar-refractivity contribution in [2.45, 2.75) is 0 Å². The van der Waals surface area contributed by atoms with Crippen LogP contribution in [0, 0.1) is 0 Å². The van der Waals surface area contributed by atoms with Crippen LogP contribution in [0.3, 0.4) is 0 Å². The van der Waals surface area contributed by atoms with E-state index in [1.807, 2.05) is 0 Å². The van der Waals surface area contributed by atoms with E-state index in [0.29, 0.717) is 0 Å². The minimum atomic E-state index is 0.911. The second-order valence-corrected chi connectivity index (χ2v) is 17.2. The first-order valence-electron chi connectivity index (χ1n) is 20.9. The number of hydrogen-bond donors (Lipinski definition) is 0. The number of furan rings is 1. The molecule has 0 N–H and O–H groups in total. The zero-order chi connectivity index (χ0) is 41.1. The summed E-state index contributed by atoms with van der Waals surface area (Å²) in [5.41, 5.74) is 30.0. The smallest absolute Gasteiger partial charge is 0.139 e. The van der Waals surface area contributed by atoms with Gasteiger partial charge in [0.2, 0.25) is 0 Å². The molecule has 0 radical (unpaired) electrons. The second-order valence-electron chi connectivity index (χ2n) is 17.2. The molecule has 1 aromatic heterocycles. The Morgan fingerprint density at radius 2 is 0.672 bits per heavy atom. The average Bonchev–Trinajstić information content (AvgIpc) is 3.63. The maximum absolute atomic E-state index is 6.47. The summed E-state index contributed by atoms with van der Waals surface area (Å²) in [6.45, 7) is 0. The highest BCUT2D eigenvalue weighted by atomic mass is 16.3. The molecule has 0 bridgehead atoms. The molecule has 1 heterocycles. The van der Waals surface area contributed by atoms with Crippen LogP contribution in [0.4, 0.5) is 0 Å². The van der Waals surface area contributed by atoms with Gasteiger partial charge in [-0.25, -0.2) is 0 Å². The van der Waals surface area contributed by atoms with Crippen molar-refractivity contribution in [1.29, 1.82) is 0 Å². The van der Waals surface area contributed by atoms with Gasteiger partial charge in [-0.15, -0.1) is 38.2 Å². The van der Waals surface area contributed by atoms with Gasteiger partial charge >= 0.3 is 0 Å². The molecule has 8 aromatic carbocycles. The Kier molecular flexibility index (Phi) is 9.31. The molecule has 0 spiro atoms. The predicted octanol–water partition coefficient (Wildman–Crippen LogP) is -10.1. The molecule has 0 amide bonds. The summed E-state index contributed by atoms with van der Waals surface area (Å²) >= 11 is 0. The summed E-state index contributed by atoms with van der Waals surface area (Å²) in [5.74, 6) is 0. The van der Waals surface area contributed by atoms with Crippen LogP contribution >= 0.6 is 0 Å². The third-order valence-corrected chi connectivity index (χ3v) is 14.7. The van der Waals surface area contributed by atoms with Crippen LogP contribution in [-0.4, -0.2) is 102 Å². The van der Waals surface area contributed by atoms with Crippen LogP contribution in [0.2, 0.25) is 0 Å². The molecule has 0 saturated carbocycles. The third kappa shape index (κ3) is 5.43. The first-order valence-corrected chi connectivity index (χ1v) is 20.9. The highest BCUT2D eigenvalue weighted by molar-refractivity contribution is 6.73. The van der Waals surface area contributed by atoms with E-state index in [2.05, 4.69) is 193 Å². The lowest BCUT2D eigenvalue weighted by atomic mass is 9.56. The van der Waals surface area contributed by atoms with Gasteiger partial charge in [-0.3, -0.25) is 0 Å². The summed E-state index contributed by atoms with van der Waals surface area (Å²) in [4.78, 5) is 0. The summed E-state index contributed by atoms with van der Waals surface area (Å²) in [7, 11) is 30.4. The summed E-state index contributed by atoms with van der Waals surface area (Å²) in [5, 5.41) is 7.85. The summed E-state index contributed by atoms with van der Waals surface area (Å²) in [6.07, 6.45) is 0. The minimum absolute atomic E-state index is 0.911. The van der Waals surface area contributed by atoms with Crippen molar-refractivity contribution in [3.63, 3.8) is 0 Å². The molecule has 9 rings (SSSR count). The summed E-state index contributed by atoms with van der Waals surface area (Å²) in [6, 6.07) is 33.1. The van der Waals surface area contributed by atoms with Crippen molar-refractivity contribution in [3.05, 3.63) is 91.0 Å². The number of para-hydroxylation sites is 1. The fraction of sp³-hybridized carbons (Fsp3) is 0. The van der Waals surface area contributed by atoms with Gasteiger partial charge in [0.05, 0.1) is 0 Å². The van der Waals surface area contributed by atoms with Gasteiger partial charge in [-0.1, -0.05) is 112 Å². The SMILES string of the molecule is Bc1c(B)c(B)c(-c2c3c(B)c(B)c(B)c(B)c3c(-c3ccc(-c4c(-c5ccccc5)ccc5oc6ccccc6c45)cc3)c3c(B)c(B)c(B)c(B)c23)c(B)c1B. The van der Waals surface area contributed by atoms with Crippen LogP contribution in [0.1, 0.15) is 0 Å². The highest BCUT2D eigenvalue weighted by Gasteiger charge is 2.27. The molecule has 0 aliphatic heterocycles. The highest BCUT2D eigenvalue weighted by Crippen LogP contribution is 2.44. The van der Waals surface area contributed by atoms with Crippen molar-refractivity contribution in [2.75, 3.05) is 0 Å². The molecule has 0 unspecified atom stereocenters. The topological polar surface area (TPSA) is 13.1 Å². The fourth-order valence-electron chi connectivity index (χ4n) is 10.3. The molecule has 0 saturated heterocycles. The molecule has 14 heteroatoms. The molecule has 9 aromatic rings. The van der Waals surface area contributed by atoms with Crippen molar-refractivity contribution >= 4 is 217 Å². The number of fused-ring (bicyclic) bond motifs is 5. The van der Waals surface area contributed by atoms with E-state index in [1.54, 1.807) is 0 Å². The average molecular weight is 726 g/mol. The Morgan fingerprint density at radius 1 is 0.259 bits per heavy atom. The van der Waals surface area contributed by atoms with E-state index in [-0.39, 0.29) is 0 Å². The number of rotatable bonds is 4. The first-order chi connectivity index (χ1) is 27.7. The minimum Gasteiger partial charge on any atom is -0.456 e. The number of hydrogen-bond acceptors (Lipinski definition) is 1. The Balaban J connectivity index is 1.44. The zero-order valence-electron chi connectivity index (χ0n) is 36.6. The van der Waals surface area contributed by atoms with Gasteiger partial charge in [0, 0.05) is 16.3 Å². The van der Waals surface area contributed by atoms with Crippen molar-refractivity contribution in [2.24, 2.45) is 0 Å². The lowest BCUT2D eigenvalue weighted by molar-refractivity contribution is 0.669. The van der Waals surface area contributed by atoms with E-state index < -0.39 is 0 Å². The molecule has 58 heavy (non-hydrogen) atoms. The molecule has 0 atom stereocenters. The molecular formula is C44H41B13O. The van der Waals surface area contributed by atoms with Crippen molar-refractivity contribution in [3.8, 4) is 44.5 Å². The lowest BCUT2D eigenvalue weighted by Gasteiger charge is -2.30. The van der Waals surface area contributed by atoms with E-state index in [9.17, 15) is 0 Å². The van der Waals surface area contributed by atoms with Crippen molar-refractivity contribution < 1.29 is 4.42 Å². The quantitative estimate of drug-likeness (QED) is 0.130. The molecule has 0 aliphatic rings. The van der Waals surface area contributed by atoms with Gasteiger partial charge in [0.15, 0.2) is 0 Å². The van der Waals surface area contributed by atoms with Gasteiger partial charge in [-0.05, 0) is 72.6 Å². The fourth-order valence-corrected chi connectivity index (χ4v) is 10.3. The van der Waals surface area contributed by atoms with Gasteiger partial charge in [0.25, 0.3) is 0 Å². The van der Waals surface area contributed by atoms with E-state index in [1.165, 1.54) is 137 Å². The second kappa shape index (κ2) is 14.0. The normalized spacial score (nSPS) is 11.7. The molecular weight excluding hydrogens is 685 g/mol. The van der Waals surface area contributed by atoms with Crippen LogP contribution in [0.5, 0.6) is 0 Å². The Bertz CT molecular complexity index is 3140. The van der Waals surface area contributed by atoms with Gasteiger partial charge in [-0.2, -0.15) is 0 Å². The van der Waals surface area contributed by atoms with Gasteiger partial charge in [0.1, 0.15) is 113 Å². The van der Waals surface area contributed by atoms with Gasteiger partial charge < -0.3 is 4.42 Å². The van der Waals surface area contributed by atoms with Crippen LogP contribution in [-0.2, 0) is 0 Å². The standard InChI is InChI=1S/C44H41B13O/c45-32-27-24(18-12-10-17(11-13-18)23-19(16-6-2-1-3-7-16)14-15-22-25(23)20-8-4-5-9-21(20)58-22)28-30(35(48)41(54)39(52)33(28)46)26(29(27)34(47)40(53)38(32)51)31-36(49)42(55)44(57)43(56)37(31)50/h1-15H,45-57H2. The summed E-state index contributed by atoms with van der Waals surface area (Å²) < 4.78 is 6.47. The third-order valence-electron chi connectivity index (χ3n) is 14.7. The maximum atomic E-state index is 6.47. The van der Waals surface area contributed by atoms with Crippen LogP contribution in [0.15, 0.2) is 95.4 Å². The maximum Gasteiger partial charge on any atom is 0.139 e. The van der Waals surface area contributed by atoms with E-state index in [4.69, 9.17) is 4.42 Å². The van der Waals surface area contributed by atoms with E-state index in [0.717, 1.165) is 21.9 Å². The monoisotopic (exact) mass is 728 g/mol. The molecule has 262 valence electrons. The largest absolute Gasteiger partial charge is 0.456 e. The Hall–Kier alpha value is -5.08. The van der Waals surface area contributed by atoms with Crippen LogP contribution in [0.25, 0.3) is 88.0 Å². The molecule has 0 fully saturated rings.